The summed E-state index contributed by atoms with van der Waals surface area (Å²) in [6.07, 6.45) is 3.19. The highest BCUT2D eigenvalue weighted by Crippen LogP contribution is 2.28. The molecular weight excluding hydrogens is 340 g/mol. The number of hydrogen-bond acceptors (Lipinski definition) is 5. The summed E-state index contributed by atoms with van der Waals surface area (Å²) in [6, 6.07) is 12.5. The molecule has 0 bridgehead atoms. The van der Waals surface area contributed by atoms with Gasteiger partial charge in [0.25, 0.3) is 5.69 Å². The lowest BCUT2D eigenvalue weighted by molar-refractivity contribution is -0.385. The van der Waals surface area contributed by atoms with E-state index in [1.54, 1.807) is 0 Å². The third-order valence-corrected chi connectivity index (χ3v) is 5.03. The van der Waals surface area contributed by atoms with Crippen LogP contribution in [-0.2, 0) is 0 Å². The first-order chi connectivity index (χ1) is 12.0. The van der Waals surface area contributed by atoms with Crippen molar-refractivity contribution in [1.29, 1.82) is 0 Å². The fourth-order valence-corrected chi connectivity index (χ4v) is 3.42. The van der Waals surface area contributed by atoms with Crippen molar-refractivity contribution in [2.24, 2.45) is 0 Å². The largest absolute Gasteiger partial charge is 0.366 e. The van der Waals surface area contributed by atoms with E-state index in [2.05, 4.69) is 46.4 Å². The zero-order valence-electron chi connectivity index (χ0n) is 14.1. The van der Waals surface area contributed by atoms with Crippen molar-refractivity contribution in [2.75, 3.05) is 18.4 Å². The second kappa shape index (κ2) is 7.80. The molecule has 1 aromatic heterocycles. The molecule has 2 aromatic rings. The fraction of sp³-hybridized carbons (Fsp3) is 0.389. The summed E-state index contributed by atoms with van der Waals surface area (Å²) >= 11 is 6.11. The van der Waals surface area contributed by atoms with E-state index in [1.807, 2.05) is 6.07 Å². The van der Waals surface area contributed by atoms with E-state index in [1.165, 1.54) is 17.8 Å². The standard InChI is InChI=1S/C18H21ClN4O2/c1-13(14-5-3-2-4-6-14)22-9-7-15(8-10-22)21-18-17(19)11-16(12-20-18)23(24)25/h2-6,11-13,15H,7-10H2,1H3,(H,20,21). The Bertz CT molecular complexity index is 733. The van der Waals surface area contributed by atoms with Gasteiger partial charge >= 0.3 is 0 Å². The van der Waals surface area contributed by atoms with E-state index in [0.717, 1.165) is 25.9 Å². The maximum atomic E-state index is 10.8. The molecule has 1 unspecified atom stereocenters. The maximum absolute atomic E-state index is 10.8. The third kappa shape index (κ3) is 4.27. The number of halogens is 1. The molecule has 1 aromatic carbocycles. The van der Waals surface area contributed by atoms with Crippen LogP contribution in [-0.4, -0.2) is 33.9 Å². The summed E-state index contributed by atoms with van der Waals surface area (Å²) in [5, 5.41) is 14.4. The zero-order chi connectivity index (χ0) is 17.8. The predicted molar refractivity (Wildman–Crippen MR) is 99.0 cm³/mol. The highest BCUT2D eigenvalue weighted by molar-refractivity contribution is 6.33. The van der Waals surface area contributed by atoms with Crippen LogP contribution in [0.1, 0.15) is 31.4 Å². The fourth-order valence-electron chi connectivity index (χ4n) is 3.20. The molecule has 2 heterocycles. The molecule has 1 aliphatic rings. The number of rotatable bonds is 5. The number of pyridine rings is 1. The second-order valence-electron chi connectivity index (χ2n) is 6.32. The van der Waals surface area contributed by atoms with Crippen molar-refractivity contribution in [3.05, 3.63) is 63.3 Å². The van der Waals surface area contributed by atoms with Gasteiger partial charge in [-0.25, -0.2) is 4.98 Å². The Morgan fingerprint density at radius 1 is 1.32 bits per heavy atom. The van der Waals surface area contributed by atoms with Crippen LogP contribution in [0.2, 0.25) is 5.02 Å². The Morgan fingerprint density at radius 2 is 2.00 bits per heavy atom. The molecule has 1 atom stereocenters. The Balaban J connectivity index is 1.57. The SMILES string of the molecule is CC(c1ccccc1)N1CCC(Nc2ncc([N+](=O)[O-])cc2Cl)CC1. The molecule has 1 fully saturated rings. The Hall–Kier alpha value is -2.18. The van der Waals surface area contributed by atoms with Crippen LogP contribution in [0, 0.1) is 10.1 Å². The number of nitro groups is 1. The van der Waals surface area contributed by atoms with E-state index < -0.39 is 4.92 Å². The van der Waals surface area contributed by atoms with Crippen molar-refractivity contribution in [1.82, 2.24) is 9.88 Å². The average Bonchev–Trinajstić information content (AvgIpc) is 2.64. The minimum absolute atomic E-state index is 0.0953. The number of aromatic nitrogens is 1. The summed E-state index contributed by atoms with van der Waals surface area (Å²) < 4.78 is 0. The van der Waals surface area contributed by atoms with Gasteiger partial charge in [-0.1, -0.05) is 41.9 Å². The Kier molecular flexibility index (Phi) is 5.50. The molecule has 0 radical (unpaired) electrons. The number of likely N-dealkylation sites (tertiary alicyclic amines) is 1. The summed E-state index contributed by atoms with van der Waals surface area (Å²) in [6.45, 7) is 4.20. The summed E-state index contributed by atoms with van der Waals surface area (Å²) in [4.78, 5) is 16.8. The molecule has 1 saturated heterocycles. The molecule has 3 rings (SSSR count). The van der Waals surface area contributed by atoms with E-state index in [9.17, 15) is 10.1 Å². The van der Waals surface area contributed by atoms with E-state index >= 15 is 0 Å². The quantitative estimate of drug-likeness (QED) is 0.636. The normalized spacial score (nSPS) is 17.2. The van der Waals surface area contributed by atoms with Gasteiger partial charge < -0.3 is 5.32 Å². The molecule has 132 valence electrons. The van der Waals surface area contributed by atoms with Crippen LogP contribution in [0.5, 0.6) is 0 Å². The van der Waals surface area contributed by atoms with E-state index in [4.69, 9.17) is 11.6 Å². The van der Waals surface area contributed by atoms with Crippen LogP contribution >= 0.6 is 11.6 Å². The Labute approximate surface area is 152 Å². The molecule has 0 aliphatic carbocycles. The number of piperidine rings is 1. The number of nitrogens with one attached hydrogen (secondary N) is 1. The molecule has 1 aliphatic heterocycles. The van der Waals surface area contributed by atoms with Gasteiger partial charge in [0.2, 0.25) is 0 Å². The van der Waals surface area contributed by atoms with Gasteiger partial charge in [-0.2, -0.15) is 0 Å². The molecule has 7 heteroatoms. The van der Waals surface area contributed by atoms with Gasteiger partial charge in [-0.15, -0.1) is 0 Å². The van der Waals surface area contributed by atoms with Gasteiger partial charge in [-0.3, -0.25) is 15.0 Å². The molecule has 0 spiro atoms. The monoisotopic (exact) mass is 360 g/mol. The zero-order valence-corrected chi connectivity index (χ0v) is 14.8. The van der Waals surface area contributed by atoms with E-state index in [0.29, 0.717) is 11.9 Å². The number of benzene rings is 1. The molecule has 25 heavy (non-hydrogen) atoms. The van der Waals surface area contributed by atoms with Crippen LogP contribution in [0.25, 0.3) is 0 Å². The minimum atomic E-state index is -0.494. The number of nitrogens with zero attached hydrogens (tertiary/aromatic N) is 3. The van der Waals surface area contributed by atoms with Crippen LogP contribution < -0.4 is 5.32 Å². The van der Waals surface area contributed by atoms with Crippen molar-refractivity contribution < 1.29 is 4.92 Å². The molecule has 1 N–H and O–H groups in total. The van der Waals surface area contributed by atoms with Gasteiger partial charge in [0.15, 0.2) is 0 Å². The molecular formula is C18H21ClN4O2. The van der Waals surface area contributed by atoms with Crippen molar-refractivity contribution in [2.45, 2.75) is 31.8 Å². The summed E-state index contributed by atoms with van der Waals surface area (Å²) in [7, 11) is 0. The van der Waals surface area contributed by atoms with Crippen LogP contribution in [0.3, 0.4) is 0 Å². The van der Waals surface area contributed by atoms with Gasteiger partial charge in [0.1, 0.15) is 12.0 Å². The molecule has 0 amide bonds. The van der Waals surface area contributed by atoms with Gasteiger partial charge in [-0.05, 0) is 25.3 Å². The third-order valence-electron chi connectivity index (χ3n) is 4.74. The summed E-state index contributed by atoms with van der Waals surface area (Å²) in [5.74, 6) is 0.516. The first-order valence-corrected chi connectivity index (χ1v) is 8.78. The maximum Gasteiger partial charge on any atom is 0.289 e. The average molecular weight is 361 g/mol. The highest BCUT2D eigenvalue weighted by Gasteiger charge is 2.24. The lowest BCUT2D eigenvalue weighted by atomic mass is 10.00. The highest BCUT2D eigenvalue weighted by atomic mass is 35.5. The Morgan fingerprint density at radius 3 is 2.60 bits per heavy atom. The van der Waals surface area contributed by atoms with Crippen molar-refractivity contribution in [3.8, 4) is 0 Å². The lowest BCUT2D eigenvalue weighted by Crippen LogP contribution is -2.40. The first kappa shape index (κ1) is 17.6. The smallest absolute Gasteiger partial charge is 0.289 e. The van der Waals surface area contributed by atoms with Crippen molar-refractivity contribution in [3.63, 3.8) is 0 Å². The molecule has 0 saturated carbocycles. The van der Waals surface area contributed by atoms with Gasteiger partial charge in [0.05, 0.1) is 9.95 Å². The summed E-state index contributed by atoms with van der Waals surface area (Å²) in [5.41, 5.74) is 1.23. The minimum Gasteiger partial charge on any atom is -0.366 e. The van der Waals surface area contributed by atoms with E-state index in [-0.39, 0.29) is 16.8 Å². The molecule has 6 nitrogen and oxygen atoms in total. The van der Waals surface area contributed by atoms with Crippen molar-refractivity contribution >= 4 is 23.1 Å². The predicted octanol–water partition coefficient (Wildman–Crippen LogP) is 4.28. The van der Waals surface area contributed by atoms with Crippen LogP contribution in [0.4, 0.5) is 11.5 Å². The second-order valence-corrected chi connectivity index (χ2v) is 6.73. The van der Waals surface area contributed by atoms with Crippen LogP contribution in [0.15, 0.2) is 42.6 Å². The topological polar surface area (TPSA) is 71.3 Å². The number of anilines is 1. The lowest BCUT2D eigenvalue weighted by Gasteiger charge is -2.36. The number of hydrogen-bond donors (Lipinski definition) is 1. The first-order valence-electron chi connectivity index (χ1n) is 8.40. The van der Waals surface area contributed by atoms with Gasteiger partial charge in [0, 0.05) is 31.2 Å².